The summed E-state index contributed by atoms with van der Waals surface area (Å²) in [4.78, 5) is 12.2. The molecule has 0 saturated heterocycles. The molecule has 0 N–H and O–H groups in total. The van der Waals surface area contributed by atoms with Gasteiger partial charge in [0, 0.05) is 5.56 Å². The smallest absolute Gasteiger partial charge is 0.342 e. The van der Waals surface area contributed by atoms with Crippen molar-refractivity contribution in [2.24, 2.45) is 0 Å². The number of para-hydroxylation sites is 1. The Morgan fingerprint density at radius 2 is 1.86 bits per heavy atom. The van der Waals surface area contributed by atoms with Crippen LogP contribution in [-0.4, -0.2) is 20.2 Å². The highest BCUT2D eigenvalue weighted by molar-refractivity contribution is 6.31. The van der Waals surface area contributed by atoms with Gasteiger partial charge < -0.3 is 14.2 Å². The van der Waals surface area contributed by atoms with Gasteiger partial charge in [0.15, 0.2) is 11.5 Å². The van der Waals surface area contributed by atoms with E-state index >= 15 is 0 Å². The molecule has 0 aliphatic heterocycles. The first-order valence-corrected chi connectivity index (χ1v) is 6.77. The van der Waals surface area contributed by atoms with E-state index < -0.39 is 11.8 Å². The summed E-state index contributed by atoms with van der Waals surface area (Å²) in [5, 5.41) is 0.199. The van der Waals surface area contributed by atoms with Crippen LogP contribution in [-0.2, 0) is 11.3 Å². The molecule has 0 aromatic heterocycles. The van der Waals surface area contributed by atoms with Crippen molar-refractivity contribution in [1.29, 1.82) is 0 Å². The molecule has 0 aliphatic carbocycles. The third-order valence-corrected chi connectivity index (χ3v) is 3.39. The van der Waals surface area contributed by atoms with Crippen molar-refractivity contribution in [3.63, 3.8) is 0 Å². The standard InChI is InChI=1S/C16H14ClFO4/c1-20-14-8-3-5-10(15(14)21-2)16(19)22-9-11-12(17)6-4-7-13(11)18/h3-8H,9H2,1-2H3. The molecule has 2 aromatic rings. The number of esters is 1. The third kappa shape index (κ3) is 3.31. The summed E-state index contributed by atoms with van der Waals surface area (Å²) in [5.74, 6) is -0.525. The van der Waals surface area contributed by atoms with Crippen molar-refractivity contribution in [3.05, 3.63) is 58.4 Å². The van der Waals surface area contributed by atoms with E-state index in [1.807, 2.05) is 0 Å². The average molecular weight is 325 g/mol. The minimum absolute atomic E-state index is 0.124. The largest absolute Gasteiger partial charge is 0.493 e. The molecule has 0 amide bonds. The van der Waals surface area contributed by atoms with Crippen LogP contribution in [0.1, 0.15) is 15.9 Å². The Bertz CT molecular complexity index is 668. The molecular formula is C16H14ClFO4. The Morgan fingerprint density at radius 1 is 1.14 bits per heavy atom. The predicted octanol–water partition coefficient (Wildman–Crippen LogP) is 3.85. The van der Waals surface area contributed by atoms with E-state index in [-0.39, 0.29) is 28.5 Å². The van der Waals surface area contributed by atoms with Gasteiger partial charge in [0.1, 0.15) is 18.0 Å². The van der Waals surface area contributed by atoms with E-state index in [4.69, 9.17) is 25.8 Å². The highest BCUT2D eigenvalue weighted by Crippen LogP contribution is 2.31. The van der Waals surface area contributed by atoms with Crippen LogP contribution in [0.3, 0.4) is 0 Å². The van der Waals surface area contributed by atoms with Gasteiger partial charge in [-0.1, -0.05) is 23.7 Å². The maximum absolute atomic E-state index is 13.6. The van der Waals surface area contributed by atoms with Crippen LogP contribution >= 0.6 is 11.6 Å². The van der Waals surface area contributed by atoms with Crippen molar-refractivity contribution in [3.8, 4) is 11.5 Å². The molecule has 2 rings (SSSR count). The van der Waals surface area contributed by atoms with Gasteiger partial charge in [0.25, 0.3) is 0 Å². The van der Waals surface area contributed by atoms with Crippen LogP contribution in [0.4, 0.5) is 4.39 Å². The average Bonchev–Trinajstić information content (AvgIpc) is 2.53. The summed E-state index contributed by atoms with van der Waals surface area (Å²) in [6.45, 7) is -0.273. The molecule has 0 saturated carbocycles. The van der Waals surface area contributed by atoms with E-state index in [1.54, 1.807) is 12.1 Å². The second-order valence-corrected chi connectivity index (χ2v) is 4.72. The summed E-state index contributed by atoms with van der Waals surface area (Å²) in [6.07, 6.45) is 0. The van der Waals surface area contributed by atoms with Gasteiger partial charge in [-0.25, -0.2) is 9.18 Å². The topological polar surface area (TPSA) is 44.8 Å². The molecule has 116 valence electrons. The van der Waals surface area contributed by atoms with Gasteiger partial charge in [-0.3, -0.25) is 0 Å². The van der Waals surface area contributed by atoms with E-state index in [2.05, 4.69) is 0 Å². The number of ether oxygens (including phenoxy) is 3. The second-order valence-electron chi connectivity index (χ2n) is 4.32. The lowest BCUT2D eigenvalue weighted by Gasteiger charge is -2.12. The number of methoxy groups -OCH3 is 2. The third-order valence-electron chi connectivity index (χ3n) is 3.03. The molecule has 6 heteroatoms. The fraction of sp³-hybridized carbons (Fsp3) is 0.188. The molecule has 4 nitrogen and oxygen atoms in total. The van der Waals surface area contributed by atoms with Crippen LogP contribution < -0.4 is 9.47 Å². The van der Waals surface area contributed by atoms with Gasteiger partial charge in [-0.15, -0.1) is 0 Å². The second kappa shape index (κ2) is 7.13. The zero-order valence-electron chi connectivity index (χ0n) is 12.1. The Kier molecular flexibility index (Phi) is 5.22. The molecule has 0 fully saturated rings. The maximum atomic E-state index is 13.6. The fourth-order valence-corrected chi connectivity index (χ4v) is 2.15. The first-order valence-electron chi connectivity index (χ1n) is 6.39. The number of rotatable bonds is 5. The number of carbonyl (C=O) groups excluding carboxylic acids is 1. The first-order chi connectivity index (χ1) is 10.6. The highest BCUT2D eigenvalue weighted by Gasteiger charge is 2.18. The number of hydrogen-bond acceptors (Lipinski definition) is 4. The molecule has 0 radical (unpaired) electrons. The van der Waals surface area contributed by atoms with Crippen molar-refractivity contribution in [2.45, 2.75) is 6.61 Å². The summed E-state index contributed by atoms with van der Waals surface area (Å²) >= 11 is 5.89. The number of halogens is 2. The van der Waals surface area contributed by atoms with Gasteiger partial charge in [-0.2, -0.15) is 0 Å². The van der Waals surface area contributed by atoms with Crippen molar-refractivity contribution >= 4 is 17.6 Å². The Balaban J connectivity index is 2.20. The van der Waals surface area contributed by atoms with Gasteiger partial charge in [0.2, 0.25) is 0 Å². The van der Waals surface area contributed by atoms with E-state index in [0.717, 1.165) is 0 Å². The summed E-state index contributed by atoms with van der Waals surface area (Å²) in [6, 6.07) is 9.08. The van der Waals surface area contributed by atoms with Crippen LogP contribution in [0.15, 0.2) is 36.4 Å². The number of carbonyl (C=O) groups is 1. The molecule has 22 heavy (non-hydrogen) atoms. The Labute approximate surface area is 132 Å². The summed E-state index contributed by atoms with van der Waals surface area (Å²) in [7, 11) is 2.88. The zero-order valence-corrected chi connectivity index (χ0v) is 12.8. The quantitative estimate of drug-likeness (QED) is 0.784. The van der Waals surface area contributed by atoms with Crippen LogP contribution in [0.5, 0.6) is 11.5 Å². The van der Waals surface area contributed by atoms with Crippen molar-refractivity contribution in [2.75, 3.05) is 14.2 Å². The Morgan fingerprint density at radius 3 is 2.50 bits per heavy atom. The monoisotopic (exact) mass is 324 g/mol. The van der Waals surface area contributed by atoms with E-state index in [1.165, 1.54) is 38.5 Å². The summed E-state index contributed by atoms with van der Waals surface area (Å²) in [5.41, 5.74) is 0.314. The molecule has 0 bridgehead atoms. The first kappa shape index (κ1) is 16.1. The minimum atomic E-state index is -0.657. The molecule has 0 spiro atoms. The number of benzene rings is 2. The lowest BCUT2D eigenvalue weighted by atomic mass is 10.2. The summed E-state index contributed by atoms with van der Waals surface area (Å²) < 4.78 is 29.0. The number of hydrogen-bond donors (Lipinski definition) is 0. The Hall–Kier alpha value is -2.27. The van der Waals surface area contributed by atoms with Gasteiger partial charge in [0.05, 0.1) is 19.2 Å². The predicted molar refractivity (Wildman–Crippen MR) is 80.1 cm³/mol. The van der Waals surface area contributed by atoms with Crippen molar-refractivity contribution in [1.82, 2.24) is 0 Å². The van der Waals surface area contributed by atoms with Crippen LogP contribution in [0.25, 0.3) is 0 Å². The lowest BCUT2D eigenvalue weighted by molar-refractivity contribution is 0.0465. The molecule has 0 heterocycles. The highest BCUT2D eigenvalue weighted by atomic mass is 35.5. The van der Waals surface area contributed by atoms with E-state index in [0.29, 0.717) is 5.75 Å². The van der Waals surface area contributed by atoms with Crippen molar-refractivity contribution < 1.29 is 23.4 Å². The minimum Gasteiger partial charge on any atom is -0.493 e. The molecular weight excluding hydrogens is 311 g/mol. The maximum Gasteiger partial charge on any atom is 0.342 e. The lowest BCUT2D eigenvalue weighted by Crippen LogP contribution is -2.09. The van der Waals surface area contributed by atoms with Crippen LogP contribution in [0.2, 0.25) is 5.02 Å². The van der Waals surface area contributed by atoms with Gasteiger partial charge >= 0.3 is 5.97 Å². The normalized spacial score (nSPS) is 10.2. The van der Waals surface area contributed by atoms with Crippen LogP contribution in [0, 0.1) is 5.82 Å². The van der Waals surface area contributed by atoms with E-state index in [9.17, 15) is 9.18 Å². The molecule has 0 unspecified atom stereocenters. The molecule has 0 atom stereocenters. The fourth-order valence-electron chi connectivity index (χ4n) is 1.93. The molecule has 0 aliphatic rings. The van der Waals surface area contributed by atoms with Gasteiger partial charge in [-0.05, 0) is 24.3 Å². The zero-order chi connectivity index (χ0) is 16.1. The molecule has 2 aromatic carbocycles. The SMILES string of the molecule is COc1cccc(C(=O)OCc2c(F)cccc2Cl)c1OC.